The molecule has 2 radical (unpaired) electrons. The number of aryl methyl sites for hydroxylation is 6. The van der Waals surface area contributed by atoms with Gasteiger partial charge in [-0.2, -0.15) is 0 Å². The summed E-state index contributed by atoms with van der Waals surface area (Å²) in [6.07, 6.45) is 9.40. The van der Waals surface area contributed by atoms with E-state index in [1.807, 2.05) is 0 Å². The zero-order valence-electron chi connectivity index (χ0n) is 20.6. The van der Waals surface area contributed by atoms with Gasteiger partial charge in [0.05, 0.1) is 0 Å². The largest absolute Gasteiger partial charge is 0.312 e. The molecular weight excluding hydrogens is 550 g/mol. The zero-order valence-corrected chi connectivity index (χ0v) is 26.3. The fourth-order valence-corrected chi connectivity index (χ4v) is 6.75. The van der Waals surface area contributed by atoms with E-state index in [2.05, 4.69) is 64.1 Å². The van der Waals surface area contributed by atoms with Gasteiger partial charge in [0, 0.05) is 70.8 Å². The van der Waals surface area contributed by atoms with E-state index in [1.165, 1.54) is 59.1 Å². The first-order valence-corrected chi connectivity index (χ1v) is 12.3. The second-order valence-corrected chi connectivity index (χ2v) is 10.2. The maximum absolute atomic E-state index is 3.68. The summed E-state index contributed by atoms with van der Waals surface area (Å²) in [5, 5.41) is 0. The van der Waals surface area contributed by atoms with Crippen LogP contribution in [-0.2, 0) is 109 Å². The molecule has 0 nitrogen and oxygen atoms in total. The molecule has 0 amide bonds. The molecule has 0 heterocycles. The number of rotatable bonds is 2. The molecule has 1 unspecified atom stereocenters. The van der Waals surface area contributed by atoms with Crippen LogP contribution in [0.3, 0.4) is 0 Å². The normalized spacial score (nSPS) is 19.3. The number of hydrogen-bond acceptors (Lipinski definition) is 0. The Labute approximate surface area is 250 Å². The van der Waals surface area contributed by atoms with Gasteiger partial charge >= 0.3 is 0 Å². The zero-order chi connectivity index (χ0) is 21.3. The summed E-state index contributed by atoms with van der Waals surface area (Å²) in [6, 6.07) is 17.6. The maximum Gasteiger partial charge on any atom is 0.0214 e. The van der Waals surface area contributed by atoms with Crippen LogP contribution in [0.1, 0.15) is 93.5 Å². The first kappa shape index (κ1) is 25.9. The van der Waals surface area contributed by atoms with Crippen molar-refractivity contribution in [3.05, 3.63) is 103 Å². The molecule has 0 saturated heterocycles. The summed E-state index contributed by atoms with van der Waals surface area (Å²) in [4.78, 5) is 0. The Kier molecular flexibility index (Phi) is 7.65. The second-order valence-electron chi connectivity index (χ2n) is 10.2. The first-order chi connectivity index (χ1) is 15.0. The SMILES string of the molecule is CCc1cc2c(cc1CC)C1(CC2)CCc2cc3c(cc21)Cc1[c-]c(C)c(C)[c-]c1C3.[Y].[Y]. The van der Waals surface area contributed by atoms with Crippen molar-refractivity contribution in [2.24, 2.45) is 0 Å². The van der Waals surface area contributed by atoms with Gasteiger partial charge in [-0.25, -0.2) is 0 Å². The van der Waals surface area contributed by atoms with Crippen LogP contribution in [0.25, 0.3) is 0 Å². The van der Waals surface area contributed by atoms with E-state index in [9.17, 15) is 0 Å². The fourth-order valence-electron chi connectivity index (χ4n) is 6.75. The molecule has 0 bridgehead atoms. The minimum absolute atomic E-state index is 0. The van der Waals surface area contributed by atoms with Gasteiger partial charge in [-0.15, -0.1) is 13.8 Å². The molecule has 164 valence electrons. The van der Waals surface area contributed by atoms with Crippen LogP contribution in [0.4, 0.5) is 0 Å². The van der Waals surface area contributed by atoms with Gasteiger partial charge in [-0.3, -0.25) is 22.3 Å². The van der Waals surface area contributed by atoms with Crippen molar-refractivity contribution in [2.45, 2.75) is 84.5 Å². The van der Waals surface area contributed by atoms with E-state index < -0.39 is 0 Å². The second kappa shape index (κ2) is 9.73. The maximum atomic E-state index is 3.68. The smallest absolute Gasteiger partial charge is 0.0214 e. The molecule has 0 N–H and O–H groups in total. The minimum atomic E-state index is 0. The van der Waals surface area contributed by atoms with Gasteiger partial charge in [-0.05, 0) is 71.9 Å². The minimum Gasteiger partial charge on any atom is -0.312 e. The molecule has 1 atom stereocenters. The predicted molar refractivity (Wildman–Crippen MR) is 128 cm³/mol. The number of hydrogen-bond donors (Lipinski definition) is 0. The van der Waals surface area contributed by atoms with E-state index >= 15 is 0 Å². The Hall–Kier alpha value is -0.132. The van der Waals surface area contributed by atoms with Crippen LogP contribution < -0.4 is 0 Å². The predicted octanol–water partition coefficient (Wildman–Crippen LogP) is 6.70. The fraction of sp³-hybridized carbons (Fsp3) is 0.419. The van der Waals surface area contributed by atoms with Crippen molar-refractivity contribution in [3.63, 3.8) is 0 Å². The average Bonchev–Trinajstić information content (AvgIpc) is 3.32. The van der Waals surface area contributed by atoms with Crippen LogP contribution in [-0.4, -0.2) is 0 Å². The Morgan fingerprint density at radius 3 is 1.73 bits per heavy atom. The Bertz CT molecular complexity index is 1240. The Balaban J connectivity index is 0.00000130. The van der Waals surface area contributed by atoms with Gasteiger partial charge in [0.2, 0.25) is 0 Å². The summed E-state index contributed by atoms with van der Waals surface area (Å²) < 4.78 is 0. The average molecular weight is 582 g/mol. The summed E-state index contributed by atoms with van der Waals surface area (Å²) in [5.74, 6) is 0. The van der Waals surface area contributed by atoms with E-state index in [0.29, 0.717) is 0 Å². The molecule has 0 aliphatic heterocycles. The van der Waals surface area contributed by atoms with Crippen molar-refractivity contribution in [2.75, 3.05) is 0 Å². The van der Waals surface area contributed by atoms with Crippen LogP contribution in [0.2, 0.25) is 0 Å². The molecule has 3 aromatic carbocycles. The molecule has 3 aliphatic rings. The molecule has 2 heteroatoms. The van der Waals surface area contributed by atoms with E-state index in [0.717, 1.165) is 25.7 Å². The van der Waals surface area contributed by atoms with Crippen molar-refractivity contribution < 1.29 is 65.4 Å². The topological polar surface area (TPSA) is 0 Å². The summed E-state index contributed by atoms with van der Waals surface area (Å²) in [5.41, 5.74) is 18.2. The van der Waals surface area contributed by atoms with Gasteiger partial charge in [0.25, 0.3) is 0 Å². The van der Waals surface area contributed by atoms with Crippen molar-refractivity contribution in [1.82, 2.24) is 0 Å². The van der Waals surface area contributed by atoms with Crippen molar-refractivity contribution in [1.29, 1.82) is 0 Å². The van der Waals surface area contributed by atoms with Crippen molar-refractivity contribution >= 4 is 0 Å². The summed E-state index contributed by atoms with van der Waals surface area (Å²) in [6.45, 7) is 8.96. The molecule has 3 aliphatic carbocycles. The van der Waals surface area contributed by atoms with E-state index in [4.69, 9.17) is 0 Å². The van der Waals surface area contributed by atoms with Gasteiger partial charge in [0.15, 0.2) is 0 Å². The van der Waals surface area contributed by atoms with Gasteiger partial charge < -0.3 is 12.1 Å². The molecule has 0 aromatic heterocycles. The quantitative estimate of drug-likeness (QED) is 0.231. The third-order valence-corrected chi connectivity index (χ3v) is 8.62. The molecular formula is C31H32Y2-2. The third-order valence-electron chi connectivity index (χ3n) is 8.62. The summed E-state index contributed by atoms with van der Waals surface area (Å²) in [7, 11) is 0. The first-order valence-electron chi connectivity index (χ1n) is 12.3. The number of benzene rings is 3. The standard InChI is InChI=1S/C31H32.2Y/c1-5-21-13-23-7-9-31(29(23)17-22(21)6-2)10-8-24-14-27-15-25-11-19(3)20(4)12-26(25)16-28(27)18-30(24)31;;/h13-14,17-18H,5-10,15-16H2,1-4H3;;/q-2;;. The molecule has 0 fully saturated rings. The Morgan fingerprint density at radius 2 is 1.15 bits per heavy atom. The third kappa shape index (κ3) is 4.04. The van der Waals surface area contributed by atoms with Gasteiger partial charge in [0.1, 0.15) is 0 Å². The molecule has 3 aromatic rings. The van der Waals surface area contributed by atoms with Gasteiger partial charge in [-0.1, -0.05) is 62.1 Å². The molecule has 0 saturated carbocycles. The monoisotopic (exact) mass is 582 g/mol. The van der Waals surface area contributed by atoms with Crippen LogP contribution in [0.15, 0.2) is 24.3 Å². The van der Waals surface area contributed by atoms with Crippen LogP contribution in [0, 0.1) is 26.0 Å². The van der Waals surface area contributed by atoms with Crippen LogP contribution in [0.5, 0.6) is 0 Å². The van der Waals surface area contributed by atoms with E-state index in [-0.39, 0.29) is 70.8 Å². The van der Waals surface area contributed by atoms with Crippen molar-refractivity contribution in [3.8, 4) is 0 Å². The Morgan fingerprint density at radius 1 is 0.667 bits per heavy atom. The summed E-state index contributed by atoms with van der Waals surface area (Å²) >= 11 is 0. The molecule has 6 rings (SSSR count). The van der Waals surface area contributed by atoms with Crippen LogP contribution >= 0.6 is 0 Å². The van der Waals surface area contributed by atoms with E-state index in [1.54, 1.807) is 33.4 Å². The number of fused-ring (bicyclic) bond motifs is 6. The molecule has 33 heavy (non-hydrogen) atoms. The molecule has 1 spiro atoms.